The van der Waals surface area contributed by atoms with Gasteiger partial charge in [0.05, 0.1) is 12.2 Å². The zero-order valence-corrected chi connectivity index (χ0v) is 5.91. The van der Waals surface area contributed by atoms with Crippen molar-refractivity contribution in [1.82, 2.24) is 0 Å². The van der Waals surface area contributed by atoms with Crippen LogP contribution in [0.2, 0.25) is 0 Å². The van der Waals surface area contributed by atoms with Gasteiger partial charge in [-0.15, -0.1) is 0 Å². The van der Waals surface area contributed by atoms with Gasteiger partial charge in [-0.2, -0.15) is 0 Å². The highest BCUT2D eigenvalue weighted by Crippen LogP contribution is 2.33. The van der Waals surface area contributed by atoms with E-state index in [-0.39, 0.29) is 0 Å². The Labute approximate surface area is 55.5 Å². The van der Waals surface area contributed by atoms with Crippen LogP contribution in [0.25, 0.3) is 0 Å². The number of hydrogen-bond donors (Lipinski definition) is 2. The van der Waals surface area contributed by atoms with Crippen molar-refractivity contribution in [3.8, 4) is 0 Å². The molecule has 0 aromatic heterocycles. The van der Waals surface area contributed by atoms with Crippen molar-refractivity contribution < 1.29 is 10.2 Å². The molecule has 0 radical (unpaired) electrons. The fourth-order valence-electron chi connectivity index (χ4n) is 1.31. The predicted molar refractivity (Wildman–Crippen MR) is 35.0 cm³/mol. The molecule has 2 heteroatoms. The van der Waals surface area contributed by atoms with Crippen LogP contribution in [-0.2, 0) is 0 Å². The minimum atomic E-state index is -0.454. The van der Waals surface area contributed by atoms with Crippen LogP contribution in [-0.4, -0.2) is 22.4 Å². The maximum absolute atomic E-state index is 9.10. The standard InChI is InChI=1S/C7H14O2/c1-4(2)5-3-6(8)7(5)9/h4-9H,3H2,1-2H3/t5?,6-,7+/m1/s1. The summed E-state index contributed by atoms with van der Waals surface area (Å²) in [4.78, 5) is 0. The molecule has 0 heterocycles. The third-order valence-electron chi connectivity index (χ3n) is 2.20. The fraction of sp³-hybridized carbons (Fsp3) is 1.00. The van der Waals surface area contributed by atoms with Gasteiger partial charge in [0.15, 0.2) is 0 Å². The van der Waals surface area contributed by atoms with Crippen molar-refractivity contribution in [2.24, 2.45) is 11.8 Å². The quantitative estimate of drug-likeness (QED) is 0.539. The summed E-state index contributed by atoms with van der Waals surface area (Å²) in [5, 5.41) is 18.0. The molecule has 0 spiro atoms. The summed E-state index contributed by atoms with van der Waals surface area (Å²) in [7, 11) is 0. The van der Waals surface area contributed by atoms with Gasteiger partial charge in [0, 0.05) is 0 Å². The molecule has 0 bridgehead atoms. The topological polar surface area (TPSA) is 40.5 Å². The Hall–Kier alpha value is -0.0800. The van der Waals surface area contributed by atoms with Gasteiger partial charge in [0.2, 0.25) is 0 Å². The summed E-state index contributed by atoms with van der Waals surface area (Å²) < 4.78 is 0. The lowest BCUT2D eigenvalue weighted by Crippen LogP contribution is -2.48. The molecule has 0 amide bonds. The molecule has 1 rings (SSSR count). The molecule has 1 fully saturated rings. The van der Waals surface area contributed by atoms with E-state index >= 15 is 0 Å². The SMILES string of the molecule is CC(C)C1C[C@@H](O)[C@H]1O. The van der Waals surface area contributed by atoms with E-state index in [1.165, 1.54) is 0 Å². The summed E-state index contributed by atoms with van der Waals surface area (Å²) >= 11 is 0. The van der Waals surface area contributed by atoms with Crippen LogP contribution < -0.4 is 0 Å². The smallest absolute Gasteiger partial charge is 0.0830 e. The highest BCUT2D eigenvalue weighted by molar-refractivity contribution is 4.90. The molecule has 0 aliphatic heterocycles. The number of rotatable bonds is 1. The van der Waals surface area contributed by atoms with Gasteiger partial charge in [-0.3, -0.25) is 0 Å². The summed E-state index contributed by atoms with van der Waals surface area (Å²) in [5.41, 5.74) is 0. The van der Waals surface area contributed by atoms with Crippen LogP contribution in [0.4, 0.5) is 0 Å². The molecular weight excluding hydrogens is 116 g/mol. The highest BCUT2D eigenvalue weighted by atomic mass is 16.3. The first kappa shape index (κ1) is 7.03. The van der Waals surface area contributed by atoms with Gasteiger partial charge in [-0.25, -0.2) is 0 Å². The zero-order chi connectivity index (χ0) is 7.02. The molecular formula is C7H14O2. The van der Waals surface area contributed by atoms with E-state index in [1.807, 2.05) is 0 Å². The Morgan fingerprint density at radius 3 is 2.00 bits per heavy atom. The predicted octanol–water partition coefficient (Wildman–Crippen LogP) is 0.384. The van der Waals surface area contributed by atoms with Crippen LogP contribution in [0.15, 0.2) is 0 Å². The summed E-state index contributed by atoms with van der Waals surface area (Å²) in [6.07, 6.45) is -0.124. The second-order valence-corrected chi connectivity index (χ2v) is 3.20. The molecule has 0 saturated heterocycles. The van der Waals surface area contributed by atoms with E-state index in [0.717, 1.165) is 6.42 Å². The molecule has 2 nitrogen and oxygen atoms in total. The van der Waals surface area contributed by atoms with Crippen molar-refractivity contribution in [1.29, 1.82) is 0 Å². The molecule has 54 valence electrons. The highest BCUT2D eigenvalue weighted by Gasteiger charge is 2.39. The monoisotopic (exact) mass is 130 g/mol. The van der Waals surface area contributed by atoms with E-state index in [4.69, 9.17) is 10.2 Å². The first-order valence-electron chi connectivity index (χ1n) is 3.49. The van der Waals surface area contributed by atoms with Gasteiger partial charge in [-0.1, -0.05) is 13.8 Å². The van der Waals surface area contributed by atoms with Crippen LogP contribution in [0, 0.1) is 11.8 Å². The second kappa shape index (κ2) is 2.27. The van der Waals surface area contributed by atoms with Gasteiger partial charge in [0.25, 0.3) is 0 Å². The van der Waals surface area contributed by atoms with Gasteiger partial charge < -0.3 is 10.2 Å². The minimum absolute atomic E-state index is 0.333. The van der Waals surface area contributed by atoms with Crippen molar-refractivity contribution in [2.45, 2.75) is 32.5 Å². The second-order valence-electron chi connectivity index (χ2n) is 3.20. The Kier molecular flexibility index (Phi) is 1.78. The Balaban J connectivity index is 2.33. The van der Waals surface area contributed by atoms with E-state index in [9.17, 15) is 0 Å². The fourth-order valence-corrected chi connectivity index (χ4v) is 1.31. The summed E-state index contributed by atoms with van der Waals surface area (Å²) in [6, 6.07) is 0. The largest absolute Gasteiger partial charge is 0.390 e. The number of aliphatic hydroxyl groups excluding tert-OH is 2. The maximum Gasteiger partial charge on any atom is 0.0830 e. The first-order chi connectivity index (χ1) is 4.13. The summed E-state index contributed by atoms with van der Waals surface area (Å²) in [5.74, 6) is 0.836. The average Bonchev–Trinajstić information content (AvgIpc) is 1.81. The van der Waals surface area contributed by atoms with E-state index < -0.39 is 12.2 Å². The van der Waals surface area contributed by atoms with Crippen molar-refractivity contribution in [3.63, 3.8) is 0 Å². The van der Waals surface area contributed by atoms with Gasteiger partial charge in [-0.05, 0) is 18.3 Å². The maximum atomic E-state index is 9.10. The lowest BCUT2D eigenvalue weighted by atomic mass is 9.72. The lowest BCUT2D eigenvalue weighted by Gasteiger charge is -2.40. The van der Waals surface area contributed by atoms with Crippen molar-refractivity contribution in [3.05, 3.63) is 0 Å². The van der Waals surface area contributed by atoms with Crippen molar-refractivity contribution >= 4 is 0 Å². The lowest BCUT2D eigenvalue weighted by molar-refractivity contribution is -0.116. The van der Waals surface area contributed by atoms with Crippen LogP contribution in [0.5, 0.6) is 0 Å². The molecule has 9 heavy (non-hydrogen) atoms. The van der Waals surface area contributed by atoms with E-state index in [0.29, 0.717) is 11.8 Å². The Morgan fingerprint density at radius 1 is 1.33 bits per heavy atom. The molecule has 1 aliphatic rings. The summed E-state index contributed by atoms with van der Waals surface area (Å²) in [6.45, 7) is 4.14. The zero-order valence-electron chi connectivity index (χ0n) is 5.91. The number of hydrogen-bond acceptors (Lipinski definition) is 2. The van der Waals surface area contributed by atoms with Crippen molar-refractivity contribution in [2.75, 3.05) is 0 Å². The molecule has 1 aliphatic carbocycles. The molecule has 0 aromatic carbocycles. The minimum Gasteiger partial charge on any atom is -0.390 e. The Morgan fingerprint density at radius 2 is 1.89 bits per heavy atom. The van der Waals surface area contributed by atoms with E-state index in [2.05, 4.69) is 13.8 Å². The molecule has 1 saturated carbocycles. The molecule has 3 atom stereocenters. The van der Waals surface area contributed by atoms with Crippen LogP contribution >= 0.6 is 0 Å². The Bertz CT molecular complexity index is 101. The third-order valence-corrected chi connectivity index (χ3v) is 2.20. The normalized spacial score (nSPS) is 43.0. The molecule has 2 N–H and O–H groups in total. The van der Waals surface area contributed by atoms with Gasteiger partial charge in [0.1, 0.15) is 0 Å². The molecule has 0 aromatic rings. The van der Waals surface area contributed by atoms with Gasteiger partial charge >= 0.3 is 0 Å². The van der Waals surface area contributed by atoms with E-state index in [1.54, 1.807) is 0 Å². The first-order valence-corrected chi connectivity index (χ1v) is 3.49. The third kappa shape index (κ3) is 1.10. The number of aliphatic hydroxyl groups is 2. The van der Waals surface area contributed by atoms with Crippen LogP contribution in [0.1, 0.15) is 20.3 Å². The molecule has 1 unspecified atom stereocenters. The van der Waals surface area contributed by atoms with Crippen LogP contribution in [0.3, 0.4) is 0 Å². The average molecular weight is 130 g/mol.